The molecule has 0 fully saturated rings. The predicted molar refractivity (Wildman–Crippen MR) is 86.1 cm³/mol. The summed E-state index contributed by atoms with van der Waals surface area (Å²) in [5.41, 5.74) is 0.921. The van der Waals surface area contributed by atoms with Gasteiger partial charge in [-0.05, 0) is 16.3 Å². The summed E-state index contributed by atoms with van der Waals surface area (Å²) in [5, 5.41) is 13.8. The van der Waals surface area contributed by atoms with Gasteiger partial charge >= 0.3 is 5.97 Å². The highest BCUT2D eigenvalue weighted by molar-refractivity contribution is 14.1. The second-order valence-electron chi connectivity index (χ2n) is 4.43. The van der Waals surface area contributed by atoms with Crippen LogP contribution in [0, 0.1) is 0 Å². The zero-order valence-corrected chi connectivity index (χ0v) is 12.8. The minimum atomic E-state index is -1.02. The van der Waals surface area contributed by atoms with E-state index in [0.717, 1.165) is 16.3 Å². The Balaban J connectivity index is 2.29. The van der Waals surface area contributed by atoms with Crippen molar-refractivity contribution in [2.75, 3.05) is 4.43 Å². The fraction of sp³-hybridized carbons (Fsp3) is 0.200. The zero-order valence-electron chi connectivity index (χ0n) is 10.7. The molecule has 2 aromatic carbocycles. The van der Waals surface area contributed by atoms with Crippen molar-refractivity contribution in [1.82, 2.24) is 5.32 Å². The maximum atomic E-state index is 11.4. The predicted octanol–water partition coefficient (Wildman–Crippen LogP) is 2.39. The number of nitrogens with one attached hydrogen (secondary N) is 1. The molecule has 0 heterocycles. The fourth-order valence-corrected chi connectivity index (χ4v) is 2.34. The van der Waals surface area contributed by atoms with Crippen molar-refractivity contribution in [2.24, 2.45) is 0 Å². The van der Waals surface area contributed by atoms with Gasteiger partial charge in [-0.2, -0.15) is 0 Å². The molecule has 2 N–H and O–H groups in total. The Labute approximate surface area is 130 Å². The lowest BCUT2D eigenvalue weighted by Gasteiger charge is -2.15. The third-order valence-electron chi connectivity index (χ3n) is 3.06. The molecule has 1 unspecified atom stereocenters. The number of alkyl halides is 1. The second-order valence-corrected chi connectivity index (χ2v) is 5.20. The average Bonchev–Trinajstić information content (AvgIpc) is 2.46. The molecule has 1 amide bonds. The van der Waals surface area contributed by atoms with Crippen molar-refractivity contribution in [3.8, 4) is 0 Å². The van der Waals surface area contributed by atoms with Crippen molar-refractivity contribution < 1.29 is 14.7 Å². The van der Waals surface area contributed by atoms with E-state index in [1.165, 1.54) is 0 Å². The molecule has 0 saturated carbocycles. The third-order valence-corrected chi connectivity index (χ3v) is 3.75. The van der Waals surface area contributed by atoms with Crippen LogP contribution in [0.4, 0.5) is 0 Å². The molecule has 0 radical (unpaired) electrons. The number of fused-ring (bicyclic) bond motifs is 1. The summed E-state index contributed by atoms with van der Waals surface area (Å²) in [6.45, 7) is 0. The Morgan fingerprint density at radius 2 is 1.85 bits per heavy atom. The lowest BCUT2D eigenvalue weighted by atomic mass is 9.99. The van der Waals surface area contributed by atoms with E-state index < -0.39 is 12.0 Å². The van der Waals surface area contributed by atoms with E-state index in [1.807, 2.05) is 65.1 Å². The summed E-state index contributed by atoms with van der Waals surface area (Å²) in [6.07, 6.45) is 0.277. The van der Waals surface area contributed by atoms with Gasteiger partial charge in [-0.15, -0.1) is 0 Å². The van der Waals surface area contributed by atoms with Gasteiger partial charge in [-0.25, -0.2) is 4.79 Å². The third kappa shape index (κ3) is 3.47. The molecule has 1 atom stereocenters. The second kappa shape index (κ2) is 6.69. The number of rotatable bonds is 5. The van der Waals surface area contributed by atoms with Gasteiger partial charge in [0.25, 0.3) is 0 Å². The smallest absolute Gasteiger partial charge is 0.326 e. The van der Waals surface area contributed by atoms with E-state index in [-0.39, 0.29) is 16.8 Å². The van der Waals surface area contributed by atoms with E-state index in [0.29, 0.717) is 0 Å². The van der Waals surface area contributed by atoms with Gasteiger partial charge in [-0.3, -0.25) is 4.79 Å². The van der Waals surface area contributed by atoms with E-state index in [2.05, 4.69) is 5.32 Å². The van der Waals surface area contributed by atoms with Crippen LogP contribution < -0.4 is 5.32 Å². The van der Waals surface area contributed by atoms with Gasteiger partial charge in [0.1, 0.15) is 6.04 Å². The van der Waals surface area contributed by atoms with Crippen LogP contribution in [0.15, 0.2) is 42.5 Å². The summed E-state index contributed by atoms with van der Waals surface area (Å²) in [5.74, 6) is -1.28. The topological polar surface area (TPSA) is 66.4 Å². The van der Waals surface area contributed by atoms with Crippen LogP contribution >= 0.6 is 22.6 Å². The Morgan fingerprint density at radius 3 is 2.55 bits per heavy atom. The molecular formula is C15H14INO3. The average molecular weight is 383 g/mol. The SMILES string of the molecule is O=C(CI)NC(Cc1cccc2ccccc12)C(=O)O. The van der Waals surface area contributed by atoms with Gasteiger partial charge in [0, 0.05) is 6.42 Å². The lowest BCUT2D eigenvalue weighted by Crippen LogP contribution is -2.42. The molecule has 20 heavy (non-hydrogen) atoms. The standard InChI is InChI=1S/C15H14INO3/c16-9-14(18)17-13(15(19)20)8-11-6-3-5-10-4-1-2-7-12(10)11/h1-7,13H,8-9H2,(H,17,18)(H,19,20). The molecule has 0 saturated heterocycles. The van der Waals surface area contributed by atoms with Gasteiger partial charge in [-0.1, -0.05) is 65.1 Å². The van der Waals surface area contributed by atoms with Crippen LogP contribution in [-0.2, 0) is 16.0 Å². The number of carboxylic acids is 1. The van der Waals surface area contributed by atoms with E-state index in [1.54, 1.807) is 0 Å². The molecule has 2 aromatic rings. The minimum absolute atomic E-state index is 0.247. The summed E-state index contributed by atoms with van der Waals surface area (Å²) < 4.78 is 0.247. The summed E-state index contributed by atoms with van der Waals surface area (Å²) in [4.78, 5) is 22.7. The Bertz CT molecular complexity index is 637. The number of halogens is 1. The molecule has 5 heteroatoms. The maximum Gasteiger partial charge on any atom is 0.326 e. The van der Waals surface area contributed by atoms with Gasteiger partial charge in [0.2, 0.25) is 5.91 Å². The van der Waals surface area contributed by atoms with Crippen LogP contribution in [0.5, 0.6) is 0 Å². The number of aliphatic carboxylic acids is 1. The quantitative estimate of drug-likeness (QED) is 0.616. The van der Waals surface area contributed by atoms with Crippen molar-refractivity contribution in [2.45, 2.75) is 12.5 Å². The van der Waals surface area contributed by atoms with Crippen molar-refractivity contribution in [3.05, 3.63) is 48.0 Å². The molecule has 2 rings (SSSR count). The summed E-state index contributed by atoms with van der Waals surface area (Å²) in [6, 6.07) is 12.7. The Hall–Kier alpha value is -1.63. The van der Waals surface area contributed by atoms with E-state index in [4.69, 9.17) is 0 Å². The first kappa shape index (κ1) is 14.8. The van der Waals surface area contributed by atoms with Crippen molar-refractivity contribution >= 4 is 45.2 Å². The van der Waals surface area contributed by atoms with Crippen molar-refractivity contribution in [3.63, 3.8) is 0 Å². The van der Waals surface area contributed by atoms with E-state index in [9.17, 15) is 14.7 Å². The molecule has 0 aliphatic carbocycles. The van der Waals surface area contributed by atoms with E-state index >= 15 is 0 Å². The van der Waals surface area contributed by atoms with Crippen LogP contribution in [0.2, 0.25) is 0 Å². The van der Waals surface area contributed by atoms with Crippen molar-refractivity contribution in [1.29, 1.82) is 0 Å². The molecule has 0 aliphatic rings. The number of hydrogen-bond acceptors (Lipinski definition) is 2. The first-order valence-corrected chi connectivity index (χ1v) is 7.69. The lowest BCUT2D eigenvalue weighted by molar-refractivity contribution is -0.141. The van der Waals surface area contributed by atoms with Gasteiger partial charge in [0.05, 0.1) is 4.43 Å². The van der Waals surface area contributed by atoms with Crippen LogP contribution in [-0.4, -0.2) is 27.5 Å². The number of carbonyl (C=O) groups is 2. The van der Waals surface area contributed by atoms with Crippen LogP contribution in [0.3, 0.4) is 0 Å². The highest BCUT2D eigenvalue weighted by Crippen LogP contribution is 2.19. The minimum Gasteiger partial charge on any atom is -0.480 e. The fourth-order valence-electron chi connectivity index (χ4n) is 2.12. The summed E-state index contributed by atoms with van der Waals surface area (Å²) >= 11 is 1.91. The molecule has 0 bridgehead atoms. The molecular weight excluding hydrogens is 369 g/mol. The molecule has 0 aromatic heterocycles. The Kier molecular flexibility index (Phi) is 4.94. The normalized spacial score (nSPS) is 12.1. The van der Waals surface area contributed by atoms with Crippen LogP contribution in [0.25, 0.3) is 10.8 Å². The highest BCUT2D eigenvalue weighted by atomic mass is 127. The maximum absolute atomic E-state index is 11.4. The first-order valence-electron chi connectivity index (χ1n) is 6.16. The largest absolute Gasteiger partial charge is 0.480 e. The number of hydrogen-bond donors (Lipinski definition) is 2. The van der Waals surface area contributed by atoms with Gasteiger partial charge < -0.3 is 10.4 Å². The number of amides is 1. The molecule has 0 aliphatic heterocycles. The molecule has 104 valence electrons. The number of benzene rings is 2. The summed E-state index contributed by atoms with van der Waals surface area (Å²) in [7, 11) is 0. The zero-order chi connectivity index (χ0) is 14.5. The molecule has 4 nitrogen and oxygen atoms in total. The highest BCUT2D eigenvalue weighted by Gasteiger charge is 2.20. The Morgan fingerprint density at radius 1 is 1.15 bits per heavy atom. The van der Waals surface area contributed by atoms with Crippen LogP contribution in [0.1, 0.15) is 5.56 Å². The number of carbonyl (C=O) groups excluding carboxylic acids is 1. The van der Waals surface area contributed by atoms with Gasteiger partial charge in [0.15, 0.2) is 0 Å². The monoisotopic (exact) mass is 383 g/mol. The first-order chi connectivity index (χ1) is 9.61. The number of carboxylic acid groups (broad SMARTS) is 1. The molecule has 0 spiro atoms.